The lowest BCUT2D eigenvalue weighted by atomic mass is 10.0. The zero-order valence-corrected chi connectivity index (χ0v) is 12.4. The molecular formula is C17H24N2O2. The molecule has 1 aromatic carbocycles. The Morgan fingerprint density at radius 2 is 1.81 bits per heavy atom. The molecule has 0 amide bonds. The molecule has 2 heterocycles. The van der Waals surface area contributed by atoms with E-state index < -0.39 is 5.97 Å². The summed E-state index contributed by atoms with van der Waals surface area (Å²) in [5.74, 6) is -0.640. The highest BCUT2D eigenvalue weighted by atomic mass is 16.4. The Labute approximate surface area is 126 Å². The lowest BCUT2D eigenvalue weighted by Gasteiger charge is -2.38. The fourth-order valence-corrected chi connectivity index (χ4v) is 3.74. The van der Waals surface area contributed by atoms with Crippen molar-refractivity contribution >= 4 is 5.97 Å². The van der Waals surface area contributed by atoms with Crippen LogP contribution < -0.4 is 0 Å². The van der Waals surface area contributed by atoms with Crippen molar-refractivity contribution in [3.63, 3.8) is 0 Å². The minimum absolute atomic E-state index is 0.240. The predicted molar refractivity (Wildman–Crippen MR) is 82.1 cm³/mol. The van der Waals surface area contributed by atoms with E-state index in [0.29, 0.717) is 6.04 Å². The number of piperidine rings is 1. The monoisotopic (exact) mass is 288 g/mol. The predicted octanol–water partition coefficient (Wildman–Crippen LogP) is 2.20. The average Bonchev–Trinajstić information content (AvgIpc) is 2.99. The van der Waals surface area contributed by atoms with Gasteiger partial charge in [-0.05, 0) is 50.9 Å². The molecule has 2 saturated heterocycles. The molecule has 0 aliphatic carbocycles. The maximum absolute atomic E-state index is 11.3. The standard InChI is InChI=1S/C17H24N2O2/c20-17(21)16-7-4-10-19(16)15-8-11-18(12-9-15)13-14-5-2-1-3-6-14/h1-3,5-6,15-16H,4,7-13H2,(H,20,21)/t16-/m0/s1. The number of rotatable bonds is 4. The SMILES string of the molecule is O=C(O)[C@@H]1CCCN1C1CCN(Cc2ccccc2)CC1. The van der Waals surface area contributed by atoms with Crippen molar-refractivity contribution in [3.8, 4) is 0 Å². The van der Waals surface area contributed by atoms with Crippen LogP contribution in [-0.2, 0) is 11.3 Å². The number of likely N-dealkylation sites (tertiary alicyclic amines) is 2. The molecular weight excluding hydrogens is 264 g/mol. The number of hydrogen-bond donors (Lipinski definition) is 1. The lowest BCUT2D eigenvalue weighted by Crippen LogP contribution is -2.48. The Kier molecular flexibility index (Phi) is 4.56. The Balaban J connectivity index is 1.52. The van der Waals surface area contributed by atoms with Crippen LogP contribution in [0.25, 0.3) is 0 Å². The van der Waals surface area contributed by atoms with Crippen LogP contribution in [0.3, 0.4) is 0 Å². The van der Waals surface area contributed by atoms with Gasteiger partial charge in [-0.25, -0.2) is 0 Å². The normalized spacial score (nSPS) is 25.2. The van der Waals surface area contributed by atoms with E-state index >= 15 is 0 Å². The Morgan fingerprint density at radius 1 is 1.10 bits per heavy atom. The van der Waals surface area contributed by atoms with Gasteiger partial charge in [-0.15, -0.1) is 0 Å². The van der Waals surface area contributed by atoms with E-state index in [2.05, 4.69) is 40.1 Å². The second kappa shape index (κ2) is 6.58. The second-order valence-corrected chi connectivity index (χ2v) is 6.23. The summed E-state index contributed by atoms with van der Waals surface area (Å²) in [7, 11) is 0. The van der Waals surface area contributed by atoms with Crippen LogP contribution in [0.1, 0.15) is 31.2 Å². The number of benzene rings is 1. The van der Waals surface area contributed by atoms with Crippen LogP contribution in [0.15, 0.2) is 30.3 Å². The number of hydrogen-bond acceptors (Lipinski definition) is 3. The first-order chi connectivity index (χ1) is 10.2. The average molecular weight is 288 g/mol. The molecule has 0 bridgehead atoms. The van der Waals surface area contributed by atoms with Crippen molar-refractivity contribution in [2.24, 2.45) is 0 Å². The minimum Gasteiger partial charge on any atom is -0.480 e. The van der Waals surface area contributed by atoms with E-state index in [0.717, 1.165) is 51.9 Å². The highest BCUT2D eigenvalue weighted by molar-refractivity contribution is 5.73. The van der Waals surface area contributed by atoms with Gasteiger partial charge in [0, 0.05) is 12.6 Å². The van der Waals surface area contributed by atoms with Crippen molar-refractivity contribution < 1.29 is 9.90 Å². The van der Waals surface area contributed by atoms with Crippen LogP contribution in [0.4, 0.5) is 0 Å². The molecule has 1 aromatic rings. The fraction of sp³-hybridized carbons (Fsp3) is 0.588. The van der Waals surface area contributed by atoms with Gasteiger partial charge in [0.2, 0.25) is 0 Å². The first kappa shape index (κ1) is 14.5. The molecule has 2 aliphatic rings. The van der Waals surface area contributed by atoms with E-state index in [9.17, 15) is 9.90 Å². The van der Waals surface area contributed by atoms with Crippen molar-refractivity contribution in [1.82, 2.24) is 9.80 Å². The third-order valence-corrected chi connectivity index (χ3v) is 4.85. The highest BCUT2D eigenvalue weighted by Gasteiger charge is 2.36. The van der Waals surface area contributed by atoms with Crippen molar-refractivity contribution in [1.29, 1.82) is 0 Å². The third kappa shape index (κ3) is 3.44. The van der Waals surface area contributed by atoms with E-state index in [-0.39, 0.29) is 6.04 Å². The van der Waals surface area contributed by atoms with Crippen molar-refractivity contribution in [2.45, 2.75) is 44.3 Å². The zero-order valence-electron chi connectivity index (χ0n) is 12.4. The van der Waals surface area contributed by atoms with E-state index in [1.807, 2.05) is 0 Å². The molecule has 0 unspecified atom stereocenters. The topological polar surface area (TPSA) is 43.8 Å². The number of nitrogens with zero attached hydrogens (tertiary/aromatic N) is 2. The van der Waals surface area contributed by atoms with Gasteiger partial charge in [0.15, 0.2) is 0 Å². The Bertz CT molecular complexity index is 469. The first-order valence-corrected chi connectivity index (χ1v) is 7.99. The molecule has 0 saturated carbocycles. The second-order valence-electron chi connectivity index (χ2n) is 6.23. The lowest BCUT2D eigenvalue weighted by molar-refractivity contribution is -0.143. The quantitative estimate of drug-likeness (QED) is 0.922. The number of carbonyl (C=O) groups is 1. The fourth-order valence-electron chi connectivity index (χ4n) is 3.74. The molecule has 3 rings (SSSR count). The van der Waals surface area contributed by atoms with E-state index in [1.165, 1.54) is 5.56 Å². The van der Waals surface area contributed by atoms with Crippen LogP contribution in [0.2, 0.25) is 0 Å². The molecule has 21 heavy (non-hydrogen) atoms. The third-order valence-electron chi connectivity index (χ3n) is 4.85. The number of aliphatic carboxylic acids is 1. The van der Waals surface area contributed by atoms with Crippen molar-refractivity contribution in [2.75, 3.05) is 19.6 Å². The smallest absolute Gasteiger partial charge is 0.320 e. The summed E-state index contributed by atoms with van der Waals surface area (Å²) < 4.78 is 0. The Hall–Kier alpha value is -1.39. The summed E-state index contributed by atoms with van der Waals surface area (Å²) in [6, 6.07) is 10.8. The highest BCUT2D eigenvalue weighted by Crippen LogP contribution is 2.26. The van der Waals surface area contributed by atoms with Gasteiger partial charge in [0.1, 0.15) is 6.04 Å². The number of carboxylic acids is 1. The van der Waals surface area contributed by atoms with Crippen LogP contribution in [-0.4, -0.2) is 52.6 Å². The van der Waals surface area contributed by atoms with Crippen molar-refractivity contribution in [3.05, 3.63) is 35.9 Å². The summed E-state index contributed by atoms with van der Waals surface area (Å²) in [5, 5.41) is 9.31. The molecule has 0 spiro atoms. The first-order valence-electron chi connectivity index (χ1n) is 7.99. The molecule has 2 fully saturated rings. The van der Waals surface area contributed by atoms with Gasteiger partial charge in [-0.3, -0.25) is 14.6 Å². The maximum Gasteiger partial charge on any atom is 0.320 e. The summed E-state index contributed by atoms with van der Waals surface area (Å²) in [5.41, 5.74) is 1.36. The molecule has 4 nitrogen and oxygen atoms in total. The summed E-state index contributed by atoms with van der Waals surface area (Å²) in [4.78, 5) is 16.0. The molecule has 1 N–H and O–H groups in total. The summed E-state index contributed by atoms with van der Waals surface area (Å²) in [6.07, 6.45) is 4.04. The summed E-state index contributed by atoms with van der Waals surface area (Å²) in [6.45, 7) is 4.11. The van der Waals surface area contributed by atoms with Gasteiger partial charge in [-0.1, -0.05) is 30.3 Å². The van der Waals surface area contributed by atoms with Gasteiger partial charge in [-0.2, -0.15) is 0 Å². The van der Waals surface area contributed by atoms with Crippen LogP contribution in [0, 0.1) is 0 Å². The van der Waals surface area contributed by atoms with Crippen LogP contribution in [0.5, 0.6) is 0 Å². The molecule has 4 heteroatoms. The zero-order chi connectivity index (χ0) is 14.7. The van der Waals surface area contributed by atoms with E-state index in [1.54, 1.807) is 0 Å². The van der Waals surface area contributed by atoms with Gasteiger partial charge in [0.25, 0.3) is 0 Å². The molecule has 114 valence electrons. The minimum atomic E-state index is -0.640. The Morgan fingerprint density at radius 3 is 2.48 bits per heavy atom. The van der Waals surface area contributed by atoms with E-state index in [4.69, 9.17) is 0 Å². The van der Waals surface area contributed by atoms with Gasteiger partial charge in [0.05, 0.1) is 0 Å². The van der Waals surface area contributed by atoms with Crippen LogP contribution >= 0.6 is 0 Å². The molecule has 2 aliphatic heterocycles. The maximum atomic E-state index is 11.3. The largest absolute Gasteiger partial charge is 0.480 e. The van der Waals surface area contributed by atoms with Gasteiger partial charge >= 0.3 is 5.97 Å². The number of carboxylic acid groups (broad SMARTS) is 1. The molecule has 0 radical (unpaired) electrons. The summed E-state index contributed by atoms with van der Waals surface area (Å²) >= 11 is 0. The molecule has 0 aromatic heterocycles. The van der Waals surface area contributed by atoms with Gasteiger partial charge < -0.3 is 5.11 Å². The molecule has 1 atom stereocenters.